The van der Waals surface area contributed by atoms with Crippen molar-refractivity contribution in [3.05, 3.63) is 59.7 Å². The average Bonchev–Trinajstić information content (AvgIpc) is 2.73. The number of sulfonamides is 1. The Kier molecular flexibility index (Phi) is 6.36. The molecule has 7 heteroatoms. The summed E-state index contributed by atoms with van der Waals surface area (Å²) in [4.78, 5) is 12.9. The normalized spacial score (nSPS) is 15.2. The monoisotopic (exact) mass is 401 g/mol. The van der Waals surface area contributed by atoms with E-state index in [1.54, 1.807) is 23.2 Å². The Morgan fingerprint density at radius 2 is 1.75 bits per heavy atom. The van der Waals surface area contributed by atoms with Gasteiger partial charge < -0.3 is 0 Å². The third kappa shape index (κ3) is 4.54. The standard InChI is InChI=1S/C21H27N3O3S/c1-3-24(19-12-10-17(2)11-13-19)22-21(25)18-8-7-9-20(16-18)28(26,27)23-14-5-4-6-15-23/h7-13,16H,3-6,14-15H2,1-2H3,(H,22,25). The molecule has 1 aliphatic rings. The molecule has 0 radical (unpaired) electrons. The number of nitrogens with zero attached hydrogens (tertiary/aromatic N) is 2. The number of aryl methyl sites for hydroxylation is 1. The van der Waals surface area contributed by atoms with Crippen molar-refractivity contribution in [1.82, 2.24) is 9.73 Å². The van der Waals surface area contributed by atoms with Gasteiger partial charge in [0, 0.05) is 25.2 Å². The molecule has 0 saturated carbocycles. The van der Waals surface area contributed by atoms with Gasteiger partial charge in [-0.05, 0) is 57.0 Å². The summed E-state index contributed by atoms with van der Waals surface area (Å²) in [5.41, 5.74) is 5.20. The Bertz CT molecular complexity index is 920. The lowest BCUT2D eigenvalue weighted by molar-refractivity contribution is 0.0949. The average molecular weight is 402 g/mol. The number of carbonyl (C=O) groups is 1. The van der Waals surface area contributed by atoms with Crippen LogP contribution < -0.4 is 10.4 Å². The highest BCUT2D eigenvalue weighted by Gasteiger charge is 2.26. The molecule has 2 aromatic rings. The van der Waals surface area contributed by atoms with Crippen LogP contribution in [0.3, 0.4) is 0 Å². The van der Waals surface area contributed by atoms with E-state index >= 15 is 0 Å². The van der Waals surface area contributed by atoms with Gasteiger partial charge in [-0.1, -0.05) is 30.2 Å². The second-order valence-corrected chi connectivity index (χ2v) is 8.95. The van der Waals surface area contributed by atoms with E-state index in [1.807, 2.05) is 38.1 Å². The van der Waals surface area contributed by atoms with Crippen molar-refractivity contribution in [3.8, 4) is 0 Å². The number of anilines is 1. The zero-order valence-corrected chi connectivity index (χ0v) is 17.2. The van der Waals surface area contributed by atoms with Gasteiger partial charge >= 0.3 is 0 Å². The van der Waals surface area contributed by atoms with E-state index in [0.29, 0.717) is 25.2 Å². The zero-order valence-electron chi connectivity index (χ0n) is 16.4. The molecule has 6 nitrogen and oxygen atoms in total. The van der Waals surface area contributed by atoms with Crippen molar-refractivity contribution in [2.24, 2.45) is 0 Å². The highest BCUT2D eigenvalue weighted by atomic mass is 32.2. The maximum absolute atomic E-state index is 12.9. The van der Waals surface area contributed by atoms with E-state index in [1.165, 1.54) is 10.4 Å². The van der Waals surface area contributed by atoms with Crippen molar-refractivity contribution < 1.29 is 13.2 Å². The quantitative estimate of drug-likeness (QED) is 0.754. The number of hydrazine groups is 1. The molecule has 0 aromatic heterocycles. The second kappa shape index (κ2) is 8.75. The van der Waals surface area contributed by atoms with Gasteiger partial charge in [0.05, 0.1) is 10.6 Å². The minimum absolute atomic E-state index is 0.167. The van der Waals surface area contributed by atoms with Gasteiger partial charge in [0.2, 0.25) is 10.0 Å². The molecular weight excluding hydrogens is 374 g/mol. The third-order valence-electron chi connectivity index (χ3n) is 4.95. The van der Waals surface area contributed by atoms with Crippen LogP contribution in [0.25, 0.3) is 0 Å². The summed E-state index contributed by atoms with van der Waals surface area (Å²) in [6.07, 6.45) is 2.81. The minimum atomic E-state index is -3.57. The van der Waals surface area contributed by atoms with E-state index in [-0.39, 0.29) is 10.8 Å². The van der Waals surface area contributed by atoms with Crippen molar-refractivity contribution in [3.63, 3.8) is 0 Å². The number of nitrogens with one attached hydrogen (secondary N) is 1. The molecular formula is C21H27N3O3S. The summed E-state index contributed by atoms with van der Waals surface area (Å²) in [6, 6.07) is 14.1. The fourth-order valence-corrected chi connectivity index (χ4v) is 4.85. The Labute approximate surface area is 167 Å². The Balaban J connectivity index is 1.78. The molecule has 1 N–H and O–H groups in total. The Hall–Kier alpha value is -2.38. The van der Waals surface area contributed by atoms with Crippen molar-refractivity contribution >= 4 is 21.6 Å². The van der Waals surface area contributed by atoms with E-state index in [2.05, 4.69) is 5.43 Å². The molecule has 1 amide bonds. The van der Waals surface area contributed by atoms with Gasteiger partial charge in [0.1, 0.15) is 0 Å². The number of benzene rings is 2. The summed E-state index contributed by atoms with van der Waals surface area (Å²) >= 11 is 0. The second-order valence-electron chi connectivity index (χ2n) is 7.01. The van der Waals surface area contributed by atoms with Crippen LogP contribution in [0.5, 0.6) is 0 Å². The summed E-state index contributed by atoms with van der Waals surface area (Å²) < 4.78 is 27.3. The van der Waals surface area contributed by atoms with Gasteiger partial charge in [0.25, 0.3) is 5.91 Å². The summed E-state index contributed by atoms with van der Waals surface area (Å²) in [7, 11) is -3.57. The van der Waals surface area contributed by atoms with E-state index in [9.17, 15) is 13.2 Å². The molecule has 3 rings (SSSR count). The van der Waals surface area contributed by atoms with Crippen LogP contribution in [0, 0.1) is 6.92 Å². The summed E-state index contributed by atoms with van der Waals surface area (Å²) in [6.45, 7) is 5.61. The van der Waals surface area contributed by atoms with Gasteiger partial charge in [0.15, 0.2) is 0 Å². The van der Waals surface area contributed by atoms with Crippen molar-refractivity contribution in [2.45, 2.75) is 38.0 Å². The maximum Gasteiger partial charge on any atom is 0.269 e. The van der Waals surface area contributed by atoms with Crippen LogP contribution in [0.4, 0.5) is 5.69 Å². The molecule has 2 aromatic carbocycles. The zero-order chi connectivity index (χ0) is 20.1. The van der Waals surface area contributed by atoms with Gasteiger partial charge in [-0.3, -0.25) is 15.2 Å². The number of piperidine rings is 1. The molecule has 0 bridgehead atoms. The molecule has 1 fully saturated rings. The lowest BCUT2D eigenvalue weighted by Crippen LogP contribution is -2.42. The first-order valence-electron chi connectivity index (χ1n) is 9.67. The topological polar surface area (TPSA) is 69.7 Å². The Morgan fingerprint density at radius 1 is 1.07 bits per heavy atom. The lowest BCUT2D eigenvalue weighted by atomic mass is 10.2. The molecule has 0 atom stereocenters. The fourth-order valence-electron chi connectivity index (χ4n) is 3.29. The van der Waals surface area contributed by atoms with Gasteiger partial charge in [-0.15, -0.1) is 0 Å². The molecule has 28 heavy (non-hydrogen) atoms. The van der Waals surface area contributed by atoms with Crippen LogP contribution in [0.1, 0.15) is 42.1 Å². The van der Waals surface area contributed by atoms with Gasteiger partial charge in [-0.2, -0.15) is 4.31 Å². The van der Waals surface area contributed by atoms with Crippen molar-refractivity contribution in [1.29, 1.82) is 0 Å². The summed E-state index contributed by atoms with van der Waals surface area (Å²) in [5.74, 6) is -0.335. The molecule has 150 valence electrons. The molecule has 1 saturated heterocycles. The third-order valence-corrected chi connectivity index (χ3v) is 6.84. The van der Waals surface area contributed by atoms with Crippen LogP contribution in [-0.4, -0.2) is 38.3 Å². The Morgan fingerprint density at radius 3 is 2.39 bits per heavy atom. The number of hydrogen-bond donors (Lipinski definition) is 1. The lowest BCUT2D eigenvalue weighted by Gasteiger charge is -2.26. The van der Waals surface area contributed by atoms with E-state index in [0.717, 1.165) is 30.5 Å². The van der Waals surface area contributed by atoms with Crippen molar-refractivity contribution in [2.75, 3.05) is 24.6 Å². The van der Waals surface area contributed by atoms with Crippen LogP contribution >= 0.6 is 0 Å². The first-order valence-corrected chi connectivity index (χ1v) is 11.1. The number of rotatable bonds is 6. The highest BCUT2D eigenvalue weighted by molar-refractivity contribution is 7.89. The summed E-state index contributed by atoms with van der Waals surface area (Å²) in [5, 5.41) is 1.74. The molecule has 1 aliphatic heterocycles. The highest BCUT2D eigenvalue weighted by Crippen LogP contribution is 2.21. The fraction of sp³-hybridized carbons (Fsp3) is 0.381. The van der Waals surface area contributed by atoms with E-state index in [4.69, 9.17) is 0 Å². The van der Waals surface area contributed by atoms with Crippen LogP contribution in [0.2, 0.25) is 0 Å². The van der Waals surface area contributed by atoms with Gasteiger partial charge in [-0.25, -0.2) is 8.42 Å². The SMILES string of the molecule is CCN(NC(=O)c1cccc(S(=O)(=O)N2CCCCC2)c1)c1ccc(C)cc1. The predicted octanol–water partition coefficient (Wildman–Crippen LogP) is 3.34. The maximum atomic E-state index is 12.9. The smallest absolute Gasteiger partial charge is 0.269 e. The molecule has 0 spiro atoms. The number of amides is 1. The first kappa shape index (κ1) is 20.4. The minimum Gasteiger partial charge on any atom is -0.286 e. The predicted molar refractivity (Wildman–Crippen MR) is 111 cm³/mol. The molecule has 0 aliphatic carbocycles. The first-order chi connectivity index (χ1) is 13.4. The number of carbonyl (C=O) groups excluding carboxylic acids is 1. The van der Waals surface area contributed by atoms with Crippen LogP contribution in [-0.2, 0) is 10.0 Å². The van der Waals surface area contributed by atoms with E-state index < -0.39 is 10.0 Å². The molecule has 0 unspecified atom stereocenters. The largest absolute Gasteiger partial charge is 0.286 e. The van der Waals surface area contributed by atoms with Crippen LogP contribution in [0.15, 0.2) is 53.4 Å². The number of hydrogen-bond acceptors (Lipinski definition) is 4. The molecule has 1 heterocycles.